The Bertz CT molecular complexity index is 1000. The molecule has 0 amide bonds. The largest absolute Gasteiger partial charge is 0.362 e. The van der Waals surface area contributed by atoms with E-state index in [1.165, 1.54) is 0 Å². The first-order chi connectivity index (χ1) is 12.1. The highest BCUT2D eigenvalue weighted by Gasteiger charge is 2.29. The van der Waals surface area contributed by atoms with Crippen LogP contribution in [0.5, 0.6) is 0 Å². The second kappa shape index (κ2) is 6.68. The maximum atomic E-state index is 6.01. The number of hydrogen-bond acceptors (Lipinski definition) is 7. The Hall–Kier alpha value is -1.48. The van der Waals surface area contributed by atoms with Crippen molar-refractivity contribution in [1.29, 1.82) is 0 Å². The first-order valence-electron chi connectivity index (χ1n) is 7.65. The molecule has 0 saturated carbocycles. The number of hydrogen-bond donors (Lipinski definition) is 0. The number of thioether (sulfide) groups is 1. The van der Waals surface area contributed by atoms with Crippen molar-refractivity contribution in [2.45, 2.75) is 25.4 Å². The number of rotatable bonds is 3. The summed E-state index contributed by atoms with van der Waals surface area (Å²) in [6.45, 7) is 5.71. The Morgan fingerprint density at radius 1 is 1.16 bits per heavy atom. The van der Waals surface area contributed by atoms with Crippen LogP contribution in [0, 0.1) is 0 Å². The Kier molecular flexibility index (Phi) is 4.53. The molecule has 10 heteroatoms. The molecule has 0 fully saturated rings. The van der Waals surface area contributed by atoms with Crippen molar-refractivity contribution in [3.05, 3.63) is 32.7 Å². The Morgan fingerprint density at radius 3 is 2.68 bits per heavy atom. The fourth-order valence-electron chi connectivity index (χ4n) is 2.64. The molecule has 0 spiro atoms. The van der Waals surface area contributed by atoms with E-state index in [0.717, 1.165) is 44.4 Å². The van der Waals surface area contributed by atoms with Crippen LogP contribution in [0.1, 0.15) is 18.9 Å². The topological polar surface area (TPSA) is 58.7 Å². The summed E-state index contributed by atoms with van der Waals surface area (Å²) in [6.07, 6.45) is 5.27. The van der Waals surface area contributed by atoms with Crippen molar-refractivity contribution in [3.8, 4) is 0 Å². The molecule has 4 rings (SSSR count). The number of fused-ring (bicyclic) bond motifs is 2. The molecule has 0 bridgehead atoms. The molecular formula is C15H13Cl2N6S2+. The van der Waals surface area contributed by atoms with Gasteiger partial charge in [-0.1, -0.05) is 22.9 Å². The molecule has 0 radical (unpaired) electrons. The van der Waals surface area contributed by atoms with Crippen LogP contribution in [-0.4, -0.2) is 26.5 Å². The summed E-state index contributed by atoms with van der Waals surface area (Å²) in [5.41, 5.74) is 0.801. The average Bonchev–Trinajstić information content (AvgIpc) is 3.11. The van der Waals surface area contributed by atoms with Crippen molar-refractivity contribution >= 4 is 68.7 Å². The van der Waals surface area contributed by atoms with E-state index in [1.807, 2.05) is 0 Å². The lowest BCUT2D eigenvalue weighted by Gasteiger charge is -2.16. The zero-order chi connectivity index (χ0) is 17.6. The molecule has 0 saturated heterocycles. The summed E-state index contributed by atoms with van der Waals surface area (Å²) < 4.78 is 2.11. The minimum absolute atomic E-state index is 0.396. The highest BCUT2D eigenvalue weighted by atomic mass is 35.5. The highest BCUT2D eigenvalue weighted by molar-refractivity contribution is 8.03. The molecule has 0 atom stereocenters. The van der Waals surface area contributed by atoms with Gasteiger partial charge in [-0.15, -0.1) is 0 Å². The van der Waals surface area contributed by atoms with Crippen molar-refractivity contribution < 1.29 is 4.57 Å². The van der Waals surface area contributed by atoms with Crippen LogP contribution in [-0.2, 0) is 6.54 Å². The third-order valence-electron chi connectivity index (χ3n) is 3.71. The van der Waals surface area contributed by atoms with E-state index in [-0.39, 0.29) is 0 Å². The summed E-state index contributed by atoms with van der Waals surface area (Å²) in [4.78, 5) is 20.6. The number of anilines is 1. The number of thiazole rings is 1. The summed E-state index contributed by atoms with van der Waals surface area (Å²) in [7, 11) is 0. The molecule has 25 heavy (non-hydrogen) atoms. The van der Waals surface area contributed by atoms with Gasteiger partial charge in [0.05, 0.1) is 24.0 Å². The van der Waals surface area contributed by atoms with Gasteiger partial charge in [0.2, 0.25) is 4.83 Å². The summed E-state index contributed by atoms with van der Waals surface area (Å²) in [6, 6.07) is 0. The van der Waals surface area contributed by atoms with Gasteiger partial charge in [-0.25, -0.2) is 19.5 Å². The van der Waals surface area contributed by atoms with Crippen LogP contribution in [0.3, 0.4) is 0 Å². The molecule has 0 aromatic carbocycles. The predicted molar refractivity (Wildman–Crippen MR) is 102 cm³/mol. The zero-order valence-corrected chi connectivity index (χ0v) is 16.5. The maximum absolute atomic E-state index is 6.01. The fourth-order valence-corrected chi connectivity index (χ4v) is 5.07. The molecule has 0 unspecified atom stereocenters. The van der Waals surface area contributed by atoms with Crippen LogP contribution in [0.25, 0.3) is 16.6 Å². The van der Waals surface area contributed by atoms with Crippen LogP contribution in [0.15, 0.2) is 22.4 Å². The van der Waals surface area contributed by atoms with E-state index in [0.29, 0.717) is 10.3 Å². The second-order valence-corrected chi connectivity index (χ2v) is 7.95. The Labute approximate surface area is 162 Å². The third-order valence-corrected chi connectivity index (χ3v) is 6.13. The monoisotopic (exact) mass is 411 g/mol. The number of aromatic nitrogens is 5. The van der Waals surface area contributed by atoms with Gasteiger partial charge in [0.1, 0.15) is 10.2 Å². The standard InChI is InChI=1S/C15H13Cl2N6S2/c1-3-22-10(24-14-12(22)20-8(16)6-18-14)5-11-23(4-2)13-15(25-11)19-7-9(17)21-13/h5-7H,3-4H2,1-2H3/q+1. The van der Waals surface area contributed by atoms with E-state index in [1.54, 1.807) is 35.5 Å². The molecule has 3 aromatic heterocycles. The van der Waals surface area contributed by atoms with Crippen LogP contribution in [0.4, 0.5) is 5.82 Å². The van der Waals surface area contributed by atoms with Crippen LogP contribution < -0.4 is 9.47 Å². The molecular weight excluding hydrogens is 399 g/mol. The minimum Gasteiger partial charge on any atom is -0.318 e. The Balaban J connectivity index is 1.82. The van der Waals surface area contributed by atoms with Gasteiger partial charge >= 0.3 is 5.65 Å². The number of halogens is 2. The predicted octanol–water partition coefficient (Wildman–Crippen LogP) is 4.03. The molecule has 128 valence electrons. The molecule has 1 aliphatic heterocycles. The summed E-state index contributed by atoms with van der Waals surface area (Å²) in [5.74, 6) is 0.801. The first kappa shape index (κ1) is 17.0. The Morgan fingerprint density at radius 2 is 1.92 bits per heavy atom. The van der Waals surface area contributed by atoms with Crippen molar-refractivity contribution in [3.63, 3.8) is 0 Å². The van der Waals surface area contributed by atoms with Gasteiger partial charge in [-0.3, -0.25) is 0 Å². The van der Waals surface area contributed by atoms with Crippen LogP contribution in [0.2, 0.25) is 10.3 Å². The van der Waals surface area contributed by atoms with Gasteiger partial charge in [-0.2, -0.15) is 0 Å². The first-order valence-corrected chi connectivity index (χ1v) is 10.0. The van der Waals surface area contributed by atoms with Crippen molar-refractivity contribution in [2.24, 2.45) is 0 Å². The molecule has 0 aliphatic carbocycles. The van der Waals surface area contributed by atoms with Gasteiger partial charge in [0.15, 0.2) is 10.8 Å². The molecule has 6 nitrogen and oxygen atoms in total. The van der Waals surface area contributed by atoms with Gasteiger partial charge in [-0.05, 0) is 42.2 Å². The summed E-state index contributed by atoms with van der Waals surface area (Å²) >= 11 is 15.2. The van der Waals surface area contributed by atoms with Gasteiger partial charge < -0.3 is 4.90 Å². The average molecular weight is 412 g/mol. The lowest BCUT2D eigenvalue weighted by atomic mass is 10.5. The quantitative estimate of drug-likeness (QED) is 0.606. The van der Waals surface area contributed by atoms with E-state index >= 15 is 0 Å². The molecule has 1 aliphatic rings. The van der Waals surface area contributed by atoms with Crippen molar-refractivity contribution in [1.82, 2.24) is 19.9 Å². The number of nitrogens with zero attached hydrogens (tertiary/aromatic N) is 6. The normalized spacial score (nSPS) is 15.4. The molecule has 3 aromatic rings. The van der Waals surface area contributed by atoms with Crippen LogP contribution >= 0.6 is 46.3 Å². The maximum Gasteiger partial charge on any atom is 0.362 e. The van der Waals surface area contributed by atoms with Gasteiger partial charge in [0.25, 0.3) is 5.15 Å². The van der Waals surface area contributed by atoms with E-state index in [2.05, 4.69) is 49.3 Å². The smallest absolute Gasteiger partial charge is 0.318 e. The lowest BCUT2D eigenvalue weighted by Crippen LogP contribution is -2.34. The van der Waals surface area contributed by atoms with Gasteiger partial charge in [0, 0.05) is 12.6 Å². The highest BCUT2D eigenvalue weighted by Crippen LogP contribution is 2.44. The fraction of sp³-hybridized carbons (Fsp3) is 0.267. The SMILES string of the molecule is CCN1/C(=C/c2sc3ncc(Cl)nc3[n+]2CC)Sc2ncc(Cl)nc21. The van der Waals surface area contributed by atoms with Crippen molar-refractivity contribution in [2.75, 3.05) is 11.4 Å². The molecule has 4 heterocycles. The molecule has 0 N–H and O–H groups in total. The lowest BCUT2D eigenvalue weighted by molar-refractivity contribution is -0.667. The number of aryl methyl sites for hydroxylation is 1. The van der Waals surface area contributed by atoms with E-state index in [4.69, 9.17) is 23.2 Å². The third kappa shape index (κ3) is 2.97. The summed E-state index contributed by atoms with van der Waals surface area (Å²) in [5, 5.41) is 3.76. The minimum atomic E-state index is 0.396. The van der Waals surface area contributed by atoms with E-state index < -0.39 is 0 Å². The second-order valence-electron chi connectivity index (χ2n) is 5.16. The van der Waals surface area contributed by atoms with E-state index in [9.17, 15) is 0 Å². The zero-order valence-electron chi connectivity index (χ0n) is 13.4.